The predicted octanol–water partition coefficient (Wildman–Crippen LogP) is 3.26. The van der Waals surface area contributed by atoms with Gasteiger partial charge in [-0.05, 0) is 31.2 Å². The maximum absolute atomic E-state index is 13.6. The molecule has 1 fully saturated rings. The Morgan fingerprint density at radius 1 is 1.29 bits per heavy atom. The zero-order chi connectivity index (χ0) is 17.4. The summed E-state index contributed by atoms with van der Waals surface area (Å²) < 4.78 is 40.7. The molecule has 24 heavy (non-hydrogen) atoms. The number of hydrogen-bond acceptors (Lipinski definition) is 3. The highest BCUT2D eigenvalue weighted by molar-refractivity contribution is 5.93. The van der Waals surface area contributed by atoms with Gasteiger partial charge < -0.3 is 5.11 Å². The summed E-state index contributed by atoms with van der Waals surface area (Å²) in [6, 6.07) is 9.04. The van der Waals surface area contributed by atoms with E-state index < -0.39 is 23.7 Å². The number of amides is 1. The first-order valence-electron chi connectivity index (χ1n) is 8.07. The van der Waals surface area contributed by atoms with Gasteiger partial charge in [-0.15, -0.1) is 0 Å². The second-order valence-corrected chi connectivity index (χ2v) is 6.30. The van der Waals surface area contributed by atoms with Crippen LogP contribution in [0, 0.1) is 5.92 Å². The van der Waals surface area contributed by atoms with E-state index in [1.165, 1.54) is 0 Å². The average molecular weight is 340 g/mol. The molecule has 4 nitrogen and oxygen atoms in total. The Labute approximate surface area is 138 Å². The van der Waals surface area contributed by atoms with Gasteiger partial charge in [-0.1, -0.05) is 36.8 Å². The molecular weight excluding hydrogens is 321 g/mol. The van der Waals surface area contributed by atoms with Gasteiger partial charge >= 0.3 is 6.18 Å². The van der Waals surface area contributed by atoms with Crippen molar-refractivity contribution in [1.29, 1.82) is 0 Å². The molecule has 0 bridgehead atoms. The fourth-order valence-electron chi connectivity index (χ4n) is 3.47. The first-order valence-corrected chi connectivity index (χ1v) is 8.07. The Hall–Kier alpha value is -1.89. The van der Waals surface area contributed by atoms with Crippen LogP contribution in [0.1, 0.15) is 37.7 Å². The van der Waals surface area contributed by atoms with Crippen molar-refractivity contribution in [2.45, 2.75) is 50.4 Å². The highest BCUT2D eigenvalue weighted by Gasteiger charge is 2.68. The monoisotopic (exact) mass is 340 g/mol. The minimum atomic E-state index is -4.94. The van der Waals surface area contributed by atoms with Crippen molar-refractivity contribution in [1.82, 2.24) is 5.01 Å². The summed E-state index contributed by atoms with van der Waals surface area (Å²) in [5, 5.41) is 14.6. The smallest absolute Gasteiger partial charge is 0.362 e. The zero-order valence-electron chi connectivity index (χ0n) is 13.1. The van der Waals surface area contributed by atoms with Gasteiger partial charge in [-0.25, -0.2) is 0 Å². The van der Waals surface area contributed by atoms with Gasteiger partial charge in [-0.3, -0.25) is 4.79 Å². The van der Waals surface area contributed by atoms with Crippen LogP contribution in [0.2, 0.25) is 0 Å². The molecule has 7 heteroatoms. The Balaban J connectivity index is 1.81. The lowest BCUT2D eigenvalue weighted by Gasteiger charge is -2.38. The molecule has 1 aromatic rings. The molecule has 1 amide bonds. The molecule has 1 aromatic carbocycles. The summed E-state index contributed by atoms with van der Waals surface area (Å²) in [6.07, 6.45) is -2.86. The Kier molecular flexibility index (Phi) is 4.38. The van der Waals surface area contributed by atoms with E-state index in [2.05, 4.69) is 5.10 Å². The molecule has 1 aliphatic heterocycles. The molecule has 1 saturated carbocycles. The van der Waals surface area contributed by atoms with Crippen molar-refractivity contribution in [3.05, 3.63) is 35.9 Å². The maximum atomic E-state index is 13.6. The van der Waals surface area contributed by atoms with E-state index in [-0.39, 0.29) is 18.6 Å². The van der Waals surface area contributed by atoms with Gasteiger partial charge in [0.05, 0.1) is 5.92 Å². The van der Waals surface area contributed by atoms with Crippen LogP contribution in [0.15, 0.2) is 35.4 Å². The minimum absolute atomic E-state index is 0.133. The third-order valence-electron chi connectivity index (χ3n) is 4.74. The molecule has 2 aliphatic rings. The molecule has 0 saturated heterocycles. The number of nitrogens with zero attached hydrogens (tertiary/aromatic N) is 2. The van der Waals surface area contributed by atoms with Gasteiger partial charge in [0, 0.05) is 12.1 Å². The molecule has 2 atom stereocenters. The van der Waals surface area contributed by atoms with Gasteiger partial charge in [-0.2, -0.15) is 23.3 Å². The lowest BCUT2D eigenvalue weighted by Crippen LogP contribution is -2.61. The van der Waals surface area contributed by atoms with E-state index >= 15 is 0 Å². The van der Waals surface area contributed by atoms with Gasteiger partial charge in [0.15, 0.2) is 0 Å². The minimum Gasteiger partial charge on any atom is -0.362 e. The summed E-state index contributed by atoms with van der Waals surface area (Å²) >= 11 is 0. The third kappa shape index (κ3) is 2.81. The Bertz CT molecular complexity index is 645. The zero-order valence-corrected chi connectivity index (χ0v) is 13.1. The van der Waals surface area contributed by atoms with Crippen molar-refractivity contribution < 1.29 is 23.1 Å². The number of alkyl halides is 3. The summed E-state index contributed by atoms with van der Waals surface area (Å²) in [4.78, 5) is 12.4. The lowest BCUT2D eigenvalue weighted by atomic mass is 9.80. The van der Waals surface area contributed by atoms with E-state index in [1.54, 1.807) is 24.3 Å². The fraction of sp³-hybridized carbons (Fsp3) is 0.529. The molecular formula is C17H19F3N2O2. The summed E-state index contributed by atoms with van der Waals surface area (Å²) in [5.74, 6) is -1.95. The van der Waals surface area contributed by atoms with Crippen molar-refractivity contribution in [2.75, 3.05) is 0 Å². The molecule has 1 heterocycles. The van der Waals surface area contributed by atoms with Crippen LogP contribution in [-0.4, -0.2) is 33.6 Å². The van der Waals surface area contributed by atoms with Crippen LogP contribution in [0.4, 0.5) is 13.2 Å². The van der Waals surface area contributed by atoms with Crippen LogP contribution in [0.25, 0.3) is 0 Å². The number of carbonyl (C=O) groups is 1. The van der Waals surface area contributed by atoms with E-state index in [0.717, 1.165) is 12.0 Å². The average Bonchev–Trinajstić information content (AvgIpc) is 2.88. The summed E-state index contributed by atoms with van der Waals surface area (Å²) in [7, 11) is 0. The quantitative estimate of drug-likeness (QED) is 0.918. The first kappa shape index (κ1) is 17.0. The van der Waals surface area contributed by atoms with Crippen LogP contribution in [0.3, 0.4) is 0 Å². The van der Waals surface area contributed by atoms with Crippen molar-refractivity contribution in [2.24, 2.45) is 11.0 Å². The molecule has 0 unspecified atom stereocenters. The van der Waals surface area contributed by atoms with Crippen molar-refractivity contribution in [3.8, 4) is 0 Å². The molecule has 1 aliphatic carbocycles. The van der Waals surface area contributed by atoms with E-state index in [0.29, 0.717) is 24.3 Å². The highest BCUT2D eigenvalue weighted by Crippen LogP contribution is 2.48. The maximum Gasteiger partial charge on any atom is 0.439 e. The number of hydrazone groups is 1. The highest BCUT2D eigenvalue weighted by atomic mass is 19.4. The number of fused-ring (bicyclic) bond motifs is 1. The second kappa shape index (κ2) is 6.20. The third-order valence-corrected chi connectivity index (χ3v) is 4.74. The van der Waals surface area contributed by atoms with Gasteiger partial charge in [0.2, 0.25) is 5.91 Å². The Morgan fingerprint density at radius 3 is 2.67 bits per heavy atom. The normalized spacial score (nSPS) is 26.9. The number of rotatable bonds is 3. The van der Waals surface area contributed by atoms with Crippen LogP contribution in [0.5, 0.6) is 0 Å². The summed E-state index contributed by atoms with van der Waals surface area (Å²) in [6.45, 7) is 0. The molecule has 130 valence electrons. The van der Waals surface area contributed by atoms with Crippen LogP contribution < -0.4 is 0 Å². The van der Waals surface area contributed by atoms with Gasteiger partial charge in [0.25, 0.3) is 5.72 Å². The topological polar surface area (TPSA) is 52.9 Å². The largest absolute Gasteiger partial charge is 0.439 e. The SMILES string of the molecule is O=C(CCc1ccccc1)N1N=C2CCCC[C@H]2[C@@]1(O)C(F)(F)F. The number of aryl methyl sites for hydroxylation is 1. The van der Waals surface area contributed by atoms with Crippen molar-refractivity contribution in [3.63, 3.8) is 0 Å². The van der Waals surface area contributed by atoms with Crippen molar-refractivity contribution >= 4 is 11.6 Å². The first-order chi connectivity index (χ1) is 11.3. The van der Waals surface area contributed by atoms with E-state index in [4.69, 9.17) is 0 Å². The molecule has 0 aromatic heterocycles. The summed E-state index contributed by atoms with van der Waals surface area (Å²) in [5.41, 5.74) is -2.07. The van der Waals surface area contributed by atoms with E-state index in [9.17, 15) is 23.1 Å². The van der Waals surface area contributed by atoms with Gasteiger partial charge in [0.1, 0.15) is 0 Å². The second-order valence-electron chi connectivity index (χ2n) is 6.30. The Morgan fingerprint density at radius 2 is 2.00 bits per heavy atom. The number of aliphatic hydroxyl groups is 1. The predicted molar refractivity (Wildman–Crippen MR) is 82.0 cm³/mol. The number of benzene rings is 1. The number of halogens is 3. The molecule has 0 radical (unpaired) electrons. The molecule has 0 spiro atoms. The fourth-order valence-corrected chi connectivity index (χ4v) is 3.47. The van der Waals surface area contributed by atoms with E-state index in [1.807, 2.05) is 6.07 Å². The molecule has 1 N–H and O–H groups in total. The number of hydrogen-bond donors (Lipinski definition) is 1. The number of carbonyl (C=O) groups excluding carboxylic acids is 1. The lowest BCUT2D eigenvalue weighted by molar-refractivity contribution is -0.317. The van der Waals surface area contributed by atoms with Crippen LogP contribution >= 0.6 is 0 Å². The standard InChI is InChI=1S/C17H19F3N2O2/c18-17(19,20)16(24)13-8-4-5-9-14(13)21-22(16)15(23)11-10-12-6-2-1-3-7-12/h1-3,6-7,13,24H,4-5,8-11H2/t13-,16-/m1/s1. The molecule has 3 rings (SSSR count). The van der Waals surface area contributed by atoms with Crippen LogP contribution in [-0.2, 0) is 11.2 Å².